The van der Waals surface area contributed by atoms with E-state index in [9.17, 15) is 10.2 Å². The molecule has 1 aliphatic carbocycles. The quantitative estimate of drug-likeness (QED) is 0.808. The van der Waals surface area contributed by atoms with Crippen LogP contribution in [0.15, 0.2) is 12.1 Å². The molecule has 2 aliphatic rings. The van der Waals surface area contributed by atoms with Crippen LogP contribution in [0.5, 0.6) is 11.5 Å². The van der Waals surface area contributed by atoms with Gasteiger partial charge in [0.25, 0.3) is 0 Å². The number of phenolic OH excluding ortho intramolecular Hbond substituents is 1. The topological polar surface area (TPSA) is 56.2 Å². The van der Waals surface area contributed by atoms with E-state index in [0.717, 1.165) is 38.2 Å². The van der Waals surface area contributed by atoms with Gasteiger partial charge in [-0.15, -0.1) is 0 Å². The molecule has 5 nitrogen and oxygen atoms in total. The van der Waals surface area contributed by atoms with Crippen LogP contribution in [0.4, 0.5) is 0 Å². The second kappa shape index (κ2) is 8.58. The monoisotopic (exact) mass is 368 g/mol. The second-order valence-electron chi connectivity index (χ2n) is 7.21. The molecule has 1 aromatic rings. The molecule has 0 amide bonds. The number of hydrogen-bond donors (Lipinski definition) is 2. The maximum Gasteiger partial charge on any atom is 0.176 e. The van der Waals surface area contributed by atoms with Crippen LogP contribution in [0.3, 0.4) is 0 Å². The van der Waals surface area contributed by atoms with E-state index in [4.69, 9.17) is 16.3 Å². The molecule has 1 heterocycles. The average Bonchev–Trinajstić information content (AvgIpc) is 3.13. The lowest BCUT2D eigenvalue weighted by Crippen LogP contribution is -2.56. The van der Waals surface area contributed by atoms with Crippen LogP contribution >= 0.6 is 11.6 Å². The van der Waals surface area contributed by atoms with E-state index < -0.39 is 0 Å². The zero-order valence-electron chi connectivity index (χ0n) is 15.0. The molecule has 0 bridgehead atoms. The molecule has 1 saturated heterocycles. The number of aliphatic hydroxyl groups excluding tert-OH is 1. The standard InChI is InChI=1S/C19H29ClN2O3/c1-25-18-11-14(10-17(20)19(18)24)12-21-7-8-22(15-4-2-3-5-15)16(13-21)6-9-23/h10-11,15-16,23-24H,2-9,12-13H2,1H3/t16-/m0/s1. The molecule has 140 valence electrons. The third-order valence-electron chi connectivity index (χ3n) is 5.58. The first-order valence-corrected chi connectivity index (χ1v) is 9.64. The van der Waals surface area contributed by atoms with E-state index in [1.54, 1.807) is 0 Å². The summed E-state index contributed by atoms with van der Waals surface area (Å²) in [6, 6.07) is 4.77. The van der Waals surface area contributed by atoms with Gasteiger partial charge in [0.1, 0.15) is 0 Å². The summed E-state index contributed by atoms with van der Waals surface area (Å²) in [4.78, 5) is 5.04. The highest BCUT2D eigenvalue weighted by molar-refractivity contribution is 6.32. The summed E-state index contributed by atoms with van der Waals surface area (Å²) >= 11 is 6.11. The molecule has 6 heteroatoms. The first-order chi connectivity index (χ1) is 12.1. The maximum atomic E-state index is 9.89. The lowest BCUT2D eigenvalue weighted by Gasteiger charge is -2.44. The van der Waals surface area contributed by atoms with Crippen LogP contribution < -0.4 is 4.74 Å². The zero-order chi connectivity index (χ0) is 17.8. The van der Waals surface area contributed by atoms with E-state index in [1.165, 1.54) is 32.8 Å². The smallest absolute Gasteiger partial charge is 0.176 e. The van der Waals surface area contributed by atoms with Crippen molar-refractivity contribution in [2.75, 3.05) is 33.4 Å². The lowest BCUT2D eigenvalue weighted by atomic mass is 10.0. The highest BCUT2D eigenvalue weighted by Gasteiger charge is 2.33. The van der Waals surface area contributed by atoms with E-state index in [0.29, 0.717) is 22.9 Å². The van der Waals surface area contributed by atoms with Gasteiger partial charge in [-0.25, -0.2) is 0 Å². The van der Waals surface area contributed by atoms with Crippen molar-refractivity contribution in [1.82, 2.24) is 9.80 Å². The van der Waals surface area contributed by atoms with Crippen molar-refractivity contribution in [3.05, 3.63) is 22.7 Å². The van der Waals surface area contributed by atoms with Crippen molar-refractivity contribution < 1.29 is 14.9 Å². The molecule has 0 radical (unpaired) electrons. The summed E-state index contributed by atoms with van der Waals surface area (Å²) < 4.78 is 5.21. The van der Waals surface area contributed by atoms with Gasteiger partial charge in [0.05, 0.1) is 12.1 Å². The lowest BCUT2D eigenvalue weighted by molar-refractivity contribution is 0.0267. The van der Waals surface area contributed by atoms with Gasteiger partial charge in [0, 0.05) is 44.9 Å². The van der Waals surface area contributed by atoms with Gasteiger partial charge in [-0.2, -0.15) is 0 Å². The molecule has 2 N–H and O–H groups in total. The normalized spacial score (nSPS) is 23.2. The fourth-order valence-corrected chi connectivity index (χ4v) is 4.57. The predicted molar refractivity (Wildman–Crippen MR) is 99.4 cm³/mol. The SMILES string of the molecule is COc1cc(CN2CCN(C3CCCC3)[C@@H](CCO)C2)cc(Cl)c1O. The van der Waals surface area contributed by atoms with Crippen LogP contribution in [-0.4, -0.2) is 65.4 Å². The minimum Gasteiger partial charge on any atom is -0.503 e. The Morgan fingerprint density at radius 1 is 1.24 bits per heavy atom. The number of aliphatic hydroxyl groups is 1. The Labute approximate surface area is 155 Å². The van der Waals surface area contributed by atoms with E-state index in [2.05, 4.69) is 9.80 Å². The number of piperazine rings is 1. The molecular formula is C19H29ClN2O3. The summed E-state index contributed by atoms with van der Waals surface area (Å²) in [6.07, 6.45) is 6.09. The molecule has 0 aromatic heterocycles. The van der Waals surface area contributed by atoms with Crippen LogP contribution in [0.2, 0.25) is 5.02 Å². The molecular weight excluding hydrogens is 340 g/mol. The number of phenols is 1. The summed E-state index contributed by atoms with van der Waals surface area (Å²) in [5.41, 5.74) is 1.04. The van der Waals surface area contributed by atoms with Gasteiger partial charge in [-0.05, 0) is 37.0 Å². The highest BCUT2D eigenvalue weighted by Crippen LogP contribution is 2.35. The van der Waals surface area contributed by atoms with Crippen molar-refractivity contribution in [1.29, 1.82) is 0 Å². The number of benzene rings is 1. The van der Waals surface area contributed by atoms with Crippen LogP contribution in [0.25, 0.3) is 0 Å². The van der Waals surface area contributed by atoms with Crippen molar-refractivity contribution >= 4 is 11.6 Å². The van der Waals surface area contributed by atoms with Crippen LogP contribution in [0.1, 0.15) is 37.7 Å². The second-order valence-corrected chi connectivity index (χ2v) is 7.61. The molecule has 0 spiro atoms. The highest BCUT2D eigenvalue weighted by atomic mass is 35.5. The number of hydrogen-bond acceptors (Lipinski definition) is 5. The molecule has 2 fully saturated rings. The Kier molecular flexibility index (Phi) is 6.44. The molecule has 25 heavy (non-hydrogen) atoms. The fraction of sp³-hybridized carbons (Fsp3) is 0.684. The minimum atomic E-state index is -0.00266. The third kappa shape index (κ3) is 4.40. The summed E-state index contributed by atoms with van der Waals surface area (Å²) in [5, 5.41) is 19.7. The fourth-order valence-electron chi connectivity index (χ4n) is 4.33. The van der Waals surface area contributed by atoms with Crippen molar-refractivity contribution in [2.45, 2.75) is 50.7 Å². The molecule has 3 rings (SSSR count). The average molecular weight is 369 g/mol. The third-order valence-corrected chi connectivity index (χ3v) is 5.87. The number of nitrogens with zero attached hydrogens (tertiary/aromatic N) is 2. The van der Waals surface area contributed by atoms with E-state index in [-0.39, 0.29) is 12.4 Å². The Morgan fingerprint density at radius 2 is 2.00 bits per heavy atom. The summed E-state index contributed by atoms with van der Waals surface area (Å²) in [6.45, 7) is 4.03. The summed E-state index contributed by atoms with van der Waals surface area (Å²) in [5.74, 6) is 0.413. The van der Waals surface area contributed by atoms with E-state index >= 15 is 0 Å². The van der Waals surface area contributed by atoms with Crippen molar-refractivity contribution in [3.63, 3.8) is 0 Å². The number of rotatable bonds is 6. The van der Waals surface area contributed by atoms with Crippen LogP contribution in [0, 0.1) is 0 Å². The predicted octanol–water partition coefficient (Wildman–Crippen LogP) is 2.87. The largest absolute Gasteiger partial charge is 0.503 e. The van der Waals surface area contributed by atoms with Gasteiger partial charge in [-0.1, -0.05) is 24.4 Å². The maximum absolute atomic E-state index is 9.89. The van der Waals surface area contributed by atoms with Gasteiger partial charge < -0.3 is 14.9 Å². The van der Waals surface area contributed by atoms with Gasteiger partial charge in [0.2, 0.25) is 0 Å². The number of halogens is 1. The zero-order valence-corrected chi connectivity index (χ0v) is 15.7. The first kappa shape index (κ1) is 18.8. The Morgan fingerprint density at radius 3 is 2.68 bits per heavy atom. The van der Waals surface area contributed by atoms with Crippen molar-refractivity contribution in [3.8, 4) is 11.5 Å². The van der Waals surface area contributed by atoms with Crippen LogP contribution in [-0.2, 0) is 6.54 Å². The van der Waals surface area contributed by atoms with Crippen molar-refractivity contribution in [2.24, 2.45) is 0 Å². The molecule has 1 aromatic carbocycles. The first-order valence-electron chi connectivity index (χ1n) is 9.26. The van der Waals surface area contributed by atoms with Gasteiger partial charge >= 0.3 is 0 Å². The van der Waals surface area contributed by atoms with Gasteiger partial charge in [-0.3, -0.25) is 9.80 Å². The van der Waals surface area contributed by atoms with Gasteiger partial charge in [0.15, 0.2) is 11.5 Å². The number of aromatic hydroxyl groups is 1. The molecule has 1 atom stereocenters. The summed E-state index contributed by atoms with van der Waals surface area (Å²) in [7, 11) is 1.53. The Bertz CT molecular complexity index is 578. The molecule has 1 aliphatic heterocycles. The molecule has 1 saturated carbocycles. The number of methoxy groups -OCH3 is 1. The molecule has 0 unspecified atom stereocenters. The minimum absolute atomic E-state index is 0.00266. The Balaban J connectivity index is 1.67. The van der Waals surface area contributed by atoms with E-state index in [1.807, 2.05) is 12.1 Å². The number of ether oxygens (including phenoxy) is 1. The Hall–Kier alpha value is -1.01.